The van der Waals surface area contributed by atoms with Crippen LogP contribution < -0.4 is 10.6 Å². The molecular formula is C26H27ClN2O2. The summed E-state index contributed by atoms with van der Waals surface area (Å²) in [5, 5.41) is 17.7. The minimum absolute atomic E-state index is 0.115. The zero-order chi connectivity index (χ0) is 22.4. The Bertz CT molecular complexity index is 1150. The minimum Gasteiger partial charge on any atom is -0.508 e. The number of allylic oxidation sites excluding steroid dienone is 4. The maximum atomic E-state index is 12.6. The van der Waals surface area contributed by atoms with E-state index >= 15 is 0 Å². The van der Waals surface area contributed by atoms with Gasteiger partial charge in [0.05, 0.1) is 5.69 Å². The van der Waals surface area contributed by atoms with Crippen LogP contribution in [0.2, 0.25) is 5.02 Å². The van der Waals surface area contributed by atoms with Crippen molar-refractivity contribution in [1.82, 2.24) is 5.32 Å². The number of amides is 2. The number of urea groups is 1. The Morgan fingerprint density at radius 2 is 1.81 bits per heavy atom. The van der Waals surface area contributed by atoms with Crippen LogP contribution in [0.1, 0.15) is 31.4 Å². The number of hydrogen-bond donors (Lipinski definition) is 3. The molecule has 4 nitrogen and oxygen atoms in total. The van der Waals surface area contributed by atoms with Gasteiger partial charge in [-0.25, -0.2) is 4.79 Å². The van der Waals surface area contributed by atoms with E-state index in [0.717, 1.165) is 29.5 Å². The normalized spacial score (nSPS) is 12.1. The largest absolute Gasteiger partial charge is 0.508 e. The van der Waals surface area contributed by atoms with Crippen LogP contribution in [0.4, 0.5) is 10.5 Å². The molecule has 0 bridgehead atoms. The molecule has 0 aromatic heterocycles. The van der Waals surface area contributed by atoms with Crippen LogP contribution in [-0.2, 0) is 6.42 Å². The van der Waals surface area contributed by atoms with Crippen molar-refractivity contribution in [2.45, 2.75) is 33.6 Å². The molecule has 2 amide bonds. The van der Waals surface area contributed by atoms with Crippen LogP contribution in [0, 0.1) is 6.92 Å². The summed E-state index contributed by atoms with van der Waals surface area (Å²) in [7, 11) is 0. The van der Waals surface area contributed by atoms with Gasteiger partial charge in [-0.1, -0.05) is 60.5 Å². The Morgan fingerprint density at radius 1 is 1.06 bits per heavy atom. The quantitative estimate of drug-likeness (QED) is 0.362. The van der Waals surface area contributed by atoms with Crippen molar-refractivity contribution in [3.05, 3.63) is 94.2 Å². The first-order valence-corrected chi connectivity index (χ1v) is 10.6. The first-order chi connectivity index (χ1) is 14.9. The fraction of sp³-hybridized carbons (Fsp3) is 0.192. The molecule has 0 fully saturated rings. The summed E-state index contributed by atoms with van der Waals surface area (Å²) in [6.07, 6.45) is 5.79. The van der Waals surface area contributed by atoms with E-state index in [-0.39, 0.29) is 11.8 Å². The van der Waals surface area contributed by atoms with Crippen molar-refractivity contribution in [1.29, 1.82) is 0 Å². The number of aryl methyl sites for hydroxylation is 1. The molecule has 0 radical (unpaired) electrons. The van der Waals surface area contributed by atoms with E-state index in [0.29, 0.717) is 16.1 Å². The monoisotopic (exact) mass is 434 g/mol. The minimum atomic E-state index is -0.349. The summed E-state index contributed by atoms with van der Waals surface area (Å²) < 4.78 is 0. The van der Waals surface area contributed by atoms with Crippen molar-refractivity contribution in [3.63, 3.8) is 0 Å². The Kier molecular flexibility index (Phi) is 7.37. The third-order valence-electron chi connectivity index (χ3n) is 5.11. The molecule has 160 valence electrons. The van der Waals surface area contributed by atoms with Gasteiger partial charge in [-0.05, 0) is 68.2 Å². The van der Waals surface area contributed by atoms with Crippen LogP contribution >= 0.6 is 11.6 Å². The molecule has 3 aromatic carbocycles. The molecule has 5 heteroatoms. The Hall–Kier alpha value is -3.24. The van der Waals surface area contributed by atoms with Gasteiger partial charge in [0, 0.05) is 21.5 Å². The van der Waals surface area contributed by atoms with Crippen LogP contribution in [0.15, 0.2) is 78.0 Å². The molecule has 31 heavy (non-hydrogen) atoms. The van der Waals surface area contributed by atoms with Gasteiger partial charge in [0.2, 0.25) is 0 Å². The molecule has 0 aliphatic rings. The maximum Gasteiger partial charge on any atom is 0.323 e. The van der Waals surface area contributed by atoms with Gasteiger partial charge >= 0.3 is 6.03 Å². The second-order valence-electron chi connectivity index (χ2n) is 7.55. The fourth-order valence-electron chi connectivity index (χ4n) is 3.43. The number of phenolic OH excluding ortho intramolecular Hbond substituents is 1. The molecule has 0 spiro atoms. The summed E-state index contributed by atoms with van der Waals surface area (Å²) in [6.45, 7) is 5.85. The number of anilines is 1. The lowest BCUT2D eigenvalue weighted by atomic mass is 10.0. The van der Waals surface area contributed by atoms with Crippen molar-refractivity contribution < 1.29 is 9.90 Å². The van der Waals surface area contributed by atoms with Crippen molar-refractivity contribution in [2.75, 3.05) is 5.32 Å². The predicted molar refractivity (Wildman–Crippen MR) is 130 cm³/mol. The van der Waals surface area contributed by atoms with Crippen LogP contribution in [0.5, 0.6) is 5.75 Å². The van der Waals surface area contributed by atoms with Crippen LogP contribution in [0.25, 0.3) is 10.8 Å². The highest BCUT2D eigenvalue weighted by atomic mass is 35.5. The van der Waals surface area contributed by atoms with Crippen LogP contribution in [-0.4, -0.2) is 11.1 Å². The highest BCUT2D eigenvalue weighted by Crippen LogP contribution is 2.35. The standard InChI is InChI=1S/C26H27ClN2O2/c1-4-19(15-20-8-6-5-7-9-20)11-10-18(3)28-26(31)29-25-17(2)14-24(27)22-13-12-21(30)16-23(22)25/h5-14,16,30H,4,15H2,1-3H3,(H2,28,29,31)/b18-10+,19-11+. The van der Waals surface area contributed by atoms with Gasteiger partial charge in [0.25, 0.3) is 0 Å². The predicted octanol–water partition coefficient (Wildman–Crippen LogP) is 7.11. The van der Waals surface area contributed by atoms with E-state index in [1.54, 1.807) is 24.3 Å². The van der Waals surface area contributed by atoms with Gasteiger partial charge in [0.1, 0.15) is 5.75 Å². The highest BCUT2D eigenvalue weighted by molar-refractivity contribution is 6.36. The van der Waals surface area contributed by atoms with Crippen LogP contribution in [0.3, 0.4) is 0 Å². The summed E-state index contributed by atoms with van der Waals surface area (Å²) in [5.41, 5.74) is 4.71. The average Bonchev–Trinajstić information content (AvgIpc) is 2.74. The van der Waals surface area contributed by atoms with Gasteiger partial charge in [0.15, 0.2) is 0 Å². The summed E-state index contributed by atoms with van der Waals surface area (Å²) in [6, 6.07) is 16.7. The molecule has 0 aliphatic heterocycles. The summed E-state index contributed by atoms with van der Waals surface area (Å²) >= 11 is 6.32. The lowest BCUT2D eigenvalue weighted by Crippen LogP contribution is -2.27. The smallest absolute Gasteiger partial charge is 0.323 e. The molecule has 3 aromatic rings. The number of phenols is 1. The number of halogens is 1. The molecule has 0 heterocycles. The Labute approximate surface area is 188 Å². The number of hydrogen-bond acceptors (Lipinski definition) is 2. The lowest BCUT2D eigenvalue weighted by molar-refractivity contribution is 0.254. The maximum absolute atomic E-state index is 12.6. The van der Waals surface area contributed by atoms with E-state index in [1.807, 2.05) is 38.1 Å². The second-order valence-corrected chi connectivity index (χ2v) is 7.96. The van der Waals surface area contributed by atoms with Gasteiger partial charge in [-0.15, -0.1) is 0 Å². The Balaban J connectivity index is 1.74. The zero-order valence-electron chi connectivity index (χ0n) is 18.0. The molecule has 0 unspecified atom stereocenters. The van der Waals surface area contributed by atoms with E-state index in [1.165, 1.54) is 11.1 Å². The van der Waals surface area contributed by atoms with E-state index in [4.69, 9.17) is 11.6 Å². The molecule has 0 atom stereocenters. The molecule has 3 rings (SSSR count). The molecule has 0 saturated heterocycles. The Morgan fingerprint density at radius 3 is 2.52 bits per heavy atom. The molecule has 3 N–H and O–H groups in total. The first kappa shape index (κ1) is 22.4. The second kappa shape index (κ2) is 10.2. The number of aromatic hydroxyl groups is 1. The fourth-order valence-corrected chi connectivity index (χ4v) is 3.76. The SMILES string of the molecule is CC/C(=C\C=C(/C)NC(=O)Nc1c(C)cc(Cl)c2ccc(O)cc12)Cc1ccccc1. The topological polar surface area (TPSA) is 61.4 Å². The van der Waals surface area contributed by atoms with E-state index in [9.17, 15) is 9.90 Å². The third-order valence-corrected chi connectivity index (χ3v) is 5.43. The molecular weight excluding hydrogens is 408 g/mol. The number of fused-ring (bicyclic) bond motifs is 1. The number of carbonyl (C=O) groups excluding carboxylic acids is 1. The van der Waals surface area contributed by atoms with Gasteiger partial charge in [-0.3, -0.25) is 0 Å². The lowest BCUT2D eigenvalue weighted by Gasteiger charge is -2.14. The summed E-state index contributed by atoms with van der Waals surface area (Å²) in [5.74, 6) is 0.115. The van der Waals surface area contributed by atoms with E-state index < -0.39 is 0 Å². The highest BCUT2D eigenvalue weighted by Gasteiger charge is 2.12. The number of rotatable bonds is 6. The molecule has 0 saturated carbocycles. The van der Waals surface area contributed by atoms with Crippen molar-refractivity contribution >= 4 is 34.1 Å². The average molecular weight is 435 g/mol. The zero-order valence-corrected chi connectivity index (χ0v) is 18.8. The molecule has 0 aliphatic carbocycles. The van der Waals surface area contributed by atoms with E-state index in [2.05, 4.69) is 35.8 Å². The van der Waals surface area contributed by atoms with Crippen molar-refractivity contribution in [3.8, 4) is 5.75 Å². The van der Waals surface area contributed by atoms with Gasteiger partial charge in [-0.2, -0.15) is 0 Å². The number of nitrogens with one attached hydrogen (secondary N) is 2. The first-order valence-electron chi connectivity index (χ1n) is 10.3. The number of benzene rings is 3. The summed E-state index contributed by atoms with van der Waals surface area (Å²) in [4.78, 5) is 12.6. The van der Waals surface area contributed by atoms with Crippen molar-refractivity contribution in [2.24, 2.45) is 0 Å². The van der Waals surface area contributed by atoms with Gasteiger partial charge < -0.3 is 15.7 Å². The third kappa shape index (κ3) is 5.89. The number of carbonyl (C=O) groups is 1.